The molecule has 0 radical (unpaired) electrons. The zero-order valence-electron chi connectivity index (χ0n) is 43.7. The fraction of sp³-hybridized carbons (Fsp3) is 0.655. The lowest BCUT2D eigenvalue weighted by molar-refractivity contribution is -0.284. The van der Waals surface area contributed by atoms with Crippen LogP contribution in [0.5, 0.6) is 5.75 Å². The van der Waals surface area contributed by atoms with Crippen LogP contribution in [0.4, 0.5) is 27.8 Å². The predicted octanol–water partition coefficient (Wildman–Crippen LogP) is 10.8. The maximum Gasteiger partial charge on any atom is 0.453 e. The molecule has 2 aromatic carbocycles. The number of fused-ring (bicyclic) bond motifs is 7. The molecule has 10 rings (SSSR count). The Kier molecular flexibility index (Phi) is 18.1. The van der Waals surface area contributed by atoms with E-state index in [1.165, 1.54) is 22.3 Å². The number of nitrogens with zero attached hydrogens (tertiary/aromatic N) is 6. The Morgan fingerprint density at radius 1 is 0.895 bits per heavy atom. The number of H-pyrrole nitrogens is 1. The van der Waals surface area contributed by atoms with E-state index in [9.17, 15) is 44.8 Å². The van der Waals surface area contributed by atoms with E-state index in [-0.39, 0.29) is 17.3 Å². The summed E-state index contributed by atoms with van der Waals surface area (Å²) in [6.07, 6.45) is 9.07. The van der Waals surface area contributed by atoms with Crippen LogP contribution >= 0.6 is 11.3 Å². The second-order valence-electron chi connectivity index (χ2n) is 22.2. The summed E-state index contributed by atoms with van der Waals surface area (Å²) >= 11 is 1.73. The van der Waals surface area contributed by atoms with E-state index in [2.05, 4.69) is 39.1 Å². The van der Waals surface area contributed by atoms with Gasteiger partial charge in [-0.2, -0.15) is 31.4 Å². The summed E-state index contributed by atoms with van der Waals surface area (Å²) in [7, 11) is -4.49. The number of alkyl halides is 5. The number of piperazine rings is 1. The standard InChI is InChI=1S/C32H47F5O3S.C23H27N7O3S2/c1-30-17-15-26-25-12-11-24(38)21-23(25)20-22(29(26)27(30)13-14-28(30)39)10-7-5-3-2-4-6-8-18-41(40)19-9-16-31(33,34)32(35,36)37;1-35(31,32)30-7-5-28(6-8-30)15-16-13-20-21(34-16)23(29-9-11-33-12-10-29)26-22(25-20)17-3-2-4-19-18(17)14-24-27-19/h11-12,21-22,26-29,38-39H,2-10,13-20H2,1H3;2-4,13-14H,5-12,15H2,1H3,(H,24,27)/t22-,26-,27+,28+,29-,30+,41?;/m1./s1. The number of thiophene rings is 1. The summed E-state index contributed by atoms with van der Waals surface area (Å²) in [5, 5.41) is 29.2. The first-order valence-electron chi connectivity index (χ1n) is 27.3. The minimum Gasteiger partial charge on any atom is -0.508 e. The van der Waals surface area contributed by atoms with Crippen LogP contribution in [0.25, 0.3) is 32.5 Å². The van der Waals surface area contributed by atoms with Gasteiger partial charge in [0.15, 0.2) is 11.6 Å². The Bertz CT molecular complexity index is 2890. The molecule has 21 heteroatoms. The minimum atomic E-state index is -5.54. The van der Waals surface area contributed by atoms with Gasteiger partial charge >= 0.3 is 12.1 Å². The molecule has 0 bridgehead atoms. The predicted molar refractivity (Wildman–Crippen MR) is 290 cm³/mol. The summed E-state index contributed by atoms with van der Waals surface area (Å²) in [5.41, 5.74) is 5.58. The number of aromatic nitrogens is 4. The van der Waals surface area contributed by atoms with Crippen LogP contribution in [0.2, 0.25) is 0 Å². The number of aromatic amines is 1. The lowest BCUT2D eigenvalue weighted by Gasteiger charge is -2.53. The van der Waals surface area contributed by atoms with Gasteiger partial charge in [-0.05, 0) is 116 Å². The average molecular weight is 1120 g/mol. The van der Waals surface area contributed by atoms with Gasteiger partial charge in [0.2, 0.25) is 10.0 Å². The number of anilines is 1. The van der Waals surface area contributed by atoms with Crippen LogP contribution in [0, 0.1) is 23.2 Å². The van der Waals surface area contributed by atoms with Gasteiger partial charge in [0.1, 0.15) is 5.75 Å². The summed E-state index contributed by atoms with van der Waals surface area (Å²) in [4.78, 5) is 15.8. The van der Waals surface area contributed by atoms with Gasteiger partial charge in [-0.3, -0.25) is 14.2 Å². The normalized spacial score (nSPS) is 25.0. The zero-order valence-corrected chi connectivity index (χ0v) is 46.2. The number of sulfonamides is 1. The molecule has 13 nitrogen and oxygen atoms in total. The molecule has 3 N–H and O–H groups in total. The molecule has 4 fully saturated rings. The molecule has 2 saturated heterocycles. The largest absolute Gasteiger partial charge is 0.508 e. The van der Waals surface area contributed by atoms with Crippen molar-refractivity contribution in [2.75, 3.05) is 75.1 Å². The number of hydrogen-bond donors (Lipinski definition) is 3. The third kappa shape index (κ3) is 13.1. The zero-order chi connectivity index (χ0) is 53.8. The minimum absolute atomic E-state index is 0.0195. The number of unbranched alkanes of at least 4 members (excludes halogenated alkanes) is 6. The Morgan fingerprint density at radius 3 is 2.36 bits per heavy atom. The van der Waals surface area contributed by atoms with E-state index < -0.39 is 45.8 Å². The highest BCUT2D eigenvalue weighted by atomic mass is 32.2. The summed E-state index contributed by atoms with van der Waals surface area (Å²) < 4.78 is 106. The number of morpholine rings is 1. The third-order valence-corrected chi connectivity index (χ3v) is 21.1. The number of ether oxygens (including phenoxy) is 1. The van der Waals surface area contributed by atoms with Gasteiger partial charge in [0.25, 0.3) is 0 Å². The lowest BCUT2D eigenvalue weighted by atomic mass is 9.52. The Morgan fingerprint density at radius 2 is 1.62 bits per heavy atom. The van der Waals surface area contributed by atoms with E-state index in [1.54, 1.807) is 15.6 Å². The van der Waals surface area contributed by atoms with Crippen LogP contribution in [-0.4, -0.2) is 141 Å². The topological polar surface area (TPSA) is 165 Å². The van der Waals surface area contributed by atoms with E-state index in [0.29, 0.717) is 73.7 Å². The highest BCUT2D eigenvalue weighted by molar-refractivity contribution is 7.88. The van der Waals surface area contributed by atoms with Crippen molar-refractivity contribution in [3.8, 4) is 17.1 Å². The molecule has 0 amide bonds. The fourth-order valence-corrected chi connectivity index (χ4v) is 16.2. The highest BCUT2D eigenvalue weighted by Gasteiger charge is 2.57. The summed E-state index contributed by atoms with van der Waals surface area (Å²) in [6.45, 7) is 8.52. The number of phenolic OH excluding ortho intramolecular Hbond substituents is 1. The first kappa shape index (κ1) is 56.8. The number of hydrogen-bond acceptors (Lipinski definition) is 12. The number of aromatic hydroxyl groups is 1. The molecule has 3 aromatic heterocycles. The number of nitrogens with one attached hydrogen (secondary N) is 1. The molecule has 5 aromatic rings. The summed E-state index contributed by atoms with van der Waals surface area (Å²) in [5.74, 6) is -0.271. The number of aliphatic hydroxyl groups is 1. The third-order valence-electron chi connectivity index (χ3n) is 17.2. The summed E-state index contributed by atoms with van der Waals surface area (Å²) in [6, 6.07) is 14.1. The van der Waals surface area contributed by atoms with Gasteiger partial charge in [-0.15, -0.1) is 11.3 Å². The van der Waals surface area contributed by atoms with Crippen molar-refractivity contribution in [2.24, 2.45) is 23.2 Å². The molecule has 2 aliphatic heterocycles. The van der Waals surface area contributed by atoms with Gasteiger partial charge in [-0.25, -0.2) is 18.4 Å². The van der Waals surface area contributed by atoms with Gasteiger partial charge < -0.3 is 19.8 Å². The smallest absolute Gasteiger partial charge is 0.453 e. The van der Waals surface area contributed by atoms with Crippen molar-refractivity contribution in [1.82, 2.24) is 29.4 Å². The fourth-order valence-electron chi connectivity index (χ4n) is 13.0. The van der Waals surface area contributed by atoms with Crippen molar-refractivity contribution in [2.45, 2.75) is 134 Å². The first-order chi connectivity index (χ1) is 36.3. The van der Waals surface area contributed by atoms with Crippen molar-refractivity contribution >= 4 is 59.1 Å². The first-order valence-corrected chi connectivity index (χ1v) is 31.5. The van der Waals surface area contributed by atoms with Crippen molar-refractivity contribution in [3.05, 3.63) is 64.7 Å². The molecule has 76 heavy (non-hydrogen) atoms. The Labute approximate surface area is 449 Å². The second-order valence-corrected chi connectivity index (χ2v) is 27.0. The van der Waals surface area contributed by atoms with Crippen molar-refractivity contribution < 1.29 is 49.5 Å². The number of halogens is 5. The van der Waals surface area contributed by atoms with E-state index in [4.69, 9.17) is 14.7 Å². The van der Waals surface area contributed by atoms with E-state index in [1.807, 2.05) is 36.5 Å². The number of benzene rings is 2. The van der Waals surface area contributed by atoms with Crippen LogP contribution < -0.4 is 4.90 Å². The van der Waals surface area contributed by atoms with Gasteiger partial charge in [0.05, 0.1) is 47.5 Å². The molecule has 5 heterocycles. The molecule has 7 atom stereocenters. The molecule has 418 valence electrons. The highest BCUT2D eigenvalue weighted by Crippen LogP contribution is 2.63. The lowest BCUT2D eigenvalue weighted by Crippen LogP contribution is -2.47. The van der Waals surface area contributed by atoms with Crippen LogP contribution in [-0.2, 0) is 38.5 Å². The van der Waals surface area contributed by atoms with E-state index >= 15 is 0 Å². The molecule has 5 aliphatic rings. The van der Waals surface area contributed by atoms with Crippen molar-refractivity contribution in [1.29, 1.82) is 0 Å². The Balaban J connectivity index is 0.000000188. The number of rotatable bonds is 19. The number of aliphatic hydroxyl groups excluding tert-OH is 1. The van der Waals surface area contributed by atoms with Crippen molar-refractivity contribution in [3.63, 3.8) is 0 Å². The molecule has 0 spiro atoms. The Hall–Kier alpha value is -3.86. The monoisotopic (exact) mass is 1120 g/mol. The molecular weight excluding hydrogens is 1050 g/mol. The number of phenols is 1. The molecule has 1 unspecified atom stereocenters. The maximum atomic E-state index is 13.0. The van der Waals surface area contributed by atoms with Gasteiger partial charge in [0, 0.05) is 90.4 Å². The maximum absolute atomic E-state index is 13.0. The molecular formula is C55H74F5N7O6S3. The van der Waals surface area contributed by atoms with Crippen LogP contribution in [0.3, 0.4) is 0 Å². The SMILES string of the molecule is CS(=O)(=O)N1CCN(Cc2cc3nc(-c4cccc5[nH]ncc45)nc(N4CCOCC4)c3s2)CC1.C[C@]12CC[C@@H]3c4ccc(O)cc4C[C@@H](CCCCCCCCCS(=O)CCCC(F)(F)C(F)(F)F)[C@H]3[C@@H]1CC[C@@H]2O. The second kappa shape index (κ2) is 24.2. The van der Waals surface area contributed by atoms with Crippen LogP contribution in [0.15, 0.2) is 48.7 Å². The quantitative estimate of drug-likeness (QED) is 0.0532. The van der Waals surface area contributed by atoms with Crippen LogP contribution in [0.1, 0.15) is 119 Å². The molecule has 2 saturated carbocycles. The average Bonchev–Trinajstić information content (AvgIpc) is 4.12. The van der Waals surface area contributed by atoms with E-state index in [0.717, 1.165) is 142 Å². The van der Waals surface area contributed by atoms with Gasteiger partial charge in [-0.1, -0.05) is 63.6 Å². The molecule has 3 aliphatic carbocycles.